The van der Waals surface area contributed by atoms with E-state index < -0.39 is 0 Å². The molecule has 1 aromatic heterocycles. The quantitative estimate of drug-likeness (QED) is 0.814. The van der Waals surface area contributed by atoms with Crippen LogP contribution in [0.4, 0.5) is 0 Å². The molecule has 0 saturated heterocycles. The highest BCUT2D eigenvalue weighted by Crippen LogP contribution is 2.36. The molecule has 1 saturated carbocycles. The maximum absolute atomic E-state index is 5.98. The number of rotatable bonds is 3. The first-order chi connectivity index (χ1) is 7.96. The molecule has 1 N–H and O–H groups in total. The molecule has 1 aliphatic rings. The molecule has 1 heterocycles. The summed E-state index contributed by atoms with van der Waals surface area (Å²) in [6.07, 6.45) is 5.32. The lowest BCUT2D eigenvalue weighted by atomic mass is 9.75. The fourth-order valence-electron chi connectivity index (χ4n) is 2.84. The minimum atomic E-state index is 0.423. The monoisotopic (exact) mass is 271 g/mol. The Morgan fingerprint density at radius 3 is 2.82 bits per heavy atom. The molecular formula is C14H22ClNS. The summed E-state index contributed by atoms with van der Waals surface area (Å²) in [5.74, 6) is 0. The van der Waals surface area contributed by atoms with Crippen molar-refractivity contribution in [3.8, 4) is 0 Å². The Hall–Kier alpha value is -0.0500. The second-order valence-corrected chi connectivity index (χ2v) is 7.73. The van der Waals surface area contributed by atoms with Crippen LogP contribution in [0.3, 0.4) is 0 Å². The zero-order chi connectivity index (χ0) is 12.5. The molecule has 2 unspecified atom stereocenters. The van der Waals surface area contributed by atoms with Crippen molar-refractivity contribution in [1.82, 2.24) is 5.32 Å². The van der Waals surface area contributed by atoms with Crippen molar-refractivity contribution in [2.75, 3.05) is 0 Å². The van der Waals surface area contributed by atoms with Crippen molar-refractivity contribution in [2.45, 2.75) is 58.5 Å². The lowest BCUT2D eigenvalue weighted by molar-refractivity contribution is 0.191. The molecule has 17 heavy (non-hydrogen) atoms. The van der Waals surface area contributed by atoms with Crippen molar-refractivity contribution >= 4 is 22.9 Å². The van der Waals surface area contributed by atoms with Crippen molar-refractivity contribution in [2.24, 2.45) is 5.41 Å². The summed E-state index contributed by atoms with van der Waals surface area (Å²) in [5.41, 5.74) is 0.503. The molecule has 0 radical (unpaired) electrons. The van der Waals surface area contributed by atoms with Crippen LogP contribution >= 0.6 is 22.9 Å². The van der Waals surface area contributed by atoms with Gasteiger partial charge in [0, 0.05) is 17.0 Å². The van der Waals surface area contributed by atoms with Gasteiger partial charge in [-0.1, -0.05) is 31.9 Å². The molecule has 2 rings (SSSR count). The van der Waals surface area contributed by atoms with Crippen LogP contribution in [0.5, 0.6) is 0 Å². The second kappa shape index (κ2) is 5.29. The molecule has 0 aromatic carbocycles. The van der Waals surface area contributed by atoms with E-state index in [4.69, 9.17) is 11.6 Å². The van der Waals surface area contributed by atoms with Gasteiger partial charge in [-0.2, -0.15) is 0 Å². The van der Waals surface area contributed by atoms with E-state index in [9.17, 15) is 0 Å². The molecule has 0 amide bonds. The van der Waals surface area contributed by atoms with E-state index in [1.54, 1.807) is 11.3 Å². The Labute approximate surface area is 114 Å². The fourth-order valence-corrected chi connectivity index (χ4v) is 3.91. The highest BCUT2D eigenvalue weighted by atomic mass is 35.5. The molecule has 3 heteroatoms. The van der Waals surface area contributed by atoms with Gasteiger partial charge >= 0.3 is 0 Å². The summed E-state index contributed by atoms with van der Waals surface area (Å²) >= 11 is 7.67. The largest absolute Gasteiger partial charge is 0.307 e. The minimum Gasteiger partial charge on any atom is -0.307 e. The van der Waals surface area contributed by atoms with E-state index in [0.717, 1.165) is 4.34 Å². The topological polar surface area (TPSA) is 12.0 Å². The van der Waals surface area contributed by atoms with Gasteiger partial charge in [0.15, 0.2) is 0 Å². The van der Waals surface area contributed by atoms with Gasteiger partial charge in [0.1, 0.15) is 0 Å². The molecule has 0 bridgehead atoms. The lowest BCUT2D eigenvalue weighted by Crippen LogP contribution is -2.38. The molecule has 1 fully saturated rings. The van der Waals surface area contributed by atoms with Crippen LogP contribution < -0.4 is 5.32 Å². The average molecular weight is 272 g/mol. The van der Waals surface area contributed by atoms with Crippen LogP contribution in [0.15, 0.2) is 12.1 Å². The van der Waals surface area contributed by atoms with E-state index in [2.05, 4.69) is 32.2 Å². The summed E-state index contributed by atoms with van der Waals surface area (Å²) in [5, 5.41) is 3.76. The maximum atomic E-state index is 5.98. The van der Waals surface area contributed by atoms with E-state index in [1.165, 1.54) is 30.6 Å². The summed E-state index contributed by atoms with van der Waals surface area (Å²) in [6, 6.07) is 5.21. The van der Waals surface area contributed by atoms with Crippen LogP contribution in [0, 0.1) is 5.41 Å². The Kier molecular flexibility index (Phi) is 4.17. The normalized spacial score (nSPS) is 25.8. The molecule has 1 aromatic rings. The van der Waals surface area contributed by atoms with Gasteiger partial charge in [-0.15, -0.1) is 11.3 Å². The first-order valence-corrected chi connectivity index (χ1v) is 7.67. The van der Waals surface area contributed by atoms with Gasteiger partial charge in [-0.25, -0.2) is 0 Å². The molecule has 0 aliphatic heterocycles. The van der Waals surface area contributed by atoms with Crippen LogP contribution in [0.1, 0.15) is 57.4 Å². The lowest BCUT2D eigenvalue weighted by Gasteiger charge is -2.36. The second-order valence-electron chi connectivity index (χ2n) is 5.99. The third kappa shape index (κ3) is 3.70. The van der Waals surface area contributed by atoms with E-state index >= 15 is 0 Å². The van der Waals surface area contributed by atoms with Gasteiger partial charge < -0.3 is 5.32 Å². The maximum Gasteiger partial charge on any atom is 0.0931 e. The molecule has 1 aliphatic carbocycles. The standard InChI is InChI=1S/C14H22ClNS/c1-10(12-6-7-13(15)17-12)16-11-5-4-8-14(2,3)9-11/h6-7,10-11,16H,4-5,8-9H2,1-3H3. The smallest absolute Gasteiger partial charge is 0.0931 e. The SMILES string of the molecule is CC(NC1CCCC(C)(C)C1)c1ccc(Cl)s1. The highest BCUT2D eigenvalue weighted by molar-refractivity contribution is 7.16. The first-order valence-electron chi connectivity index (χ1n) is 6.47. The first kappa shape index (κ1) is 13.4. The van der Waals surface area contributed by atoms with Gasteiger partial charge in [0.25, 0.3) is 0 Å². The summed E-state index contributed by atoms with van der Waals surface area (Å²) in [6.45, 7) is 7.00. The Balaban J connectivity index is 1.92. The Bertz CT molecular complexity index is 372. The van der Waals surface area contributed by atoms with Crippen LogP contribution in [0.2, 0.25) is 4.34 Å². The van der Waals surface area contributed by atoms with Gasteiger partial charge in [0.05, 0.1) is 4.34 Å². The Morgan fingerprint density at radius 1 is 1.47 bits per heavy atom. The molecule has 0 spiro atoms. The number of hydrogen-bond donors (Lipinski definition) is 1. The summed E-state index contributed by atoms with van der Waals surface area (Å²) in [7, 11) is 0. The van der Waals surface area contributed by atoms with Crippen LogP contribution in [-0.4, -0.2) is 6.04 Å². The molecule has 1 nitrogen and oxygen atoms in total. The summed E-state index contributed by atoms with van der Waals surface area (Å²) in [4.78, 5) is 1.35. The van der Waals surface area contributed by atoms with Crippen molar-refractivity contribution in [3.05, 3.63) is 21.3 Å². The molecule has 96 valence electrons. The fraction of sp³-hybridized carbons (Fsp3) is 0.714. The number of halogens is 1. The van der Waals surface area contributed by atoms with Crippen LogP contribution in [-0.2, 0) is 0 Å². The predicted octanol–water partition coefficient (Wildman–Crippen LogP) is 5.02. The van der Waals surface area contributed by atoms with Gasteiger partial charge in [-0.05, 0) is 43.7 Å². The highest BCUT2D eigenvalue weighted by Gasteiger charge is 2.28. The van der Waals surface area contributed by atoms with E-state index in [0.29, 0.717) is 17.5 Å². The number of nitrogens with one attached hydrogen (secondary N) is 1. The molecule has 2 atom stereocenters. The third-order valence-electron chi connectivity index (χ3n) is 3.71. The third-order valence-corrected chi connectivity index (χ3v) is 5.13. The van der Waals surface area contributed by atoms with E-state index in [1.807, 2.05) is 6.07 Å². The van der Waals surface area contributed by atoms with E-state index in [-0.39, 0.29) is 0 Å². The zero-order valence-corrected chi connectivity index (χ0v) is 12.5. The molecular weight excluding hydrogens is 250 g/mol. The average Bonchev–Trinajstić information content (AvgIpc) is 2.63. The van der Waals surface area contributed by atoms with Gasteiger partial charge in [-0.3, -0.25) is 0 Å². The van der Waals surface area contributed by atoms with Crippen molar-refractivity contribution < 1.29 is 0 Å². The number of hydrogen-bond acceptors (Lipinski definition) is 2. The number of thiophene rings is 1. The minimum absolute atomic E-state index is 0.423. The predicted molar refractivity (Wildman–Crippen MR) is 76.9 cm³/mol. The Morgan fingerprint density at radius 2 is 2.24 bits per heavy atom. The zero-order valence-electron chi connectivity index (χ0n) is 10.9. The van der Waals surface area contributed by atoms with Crippen molar-refractivity contribution in [3.63, 3.8) is 0 Å². The summed E-state index contributed by atoms with van der Waals surface area (Å²) < 4.78 is 0.887. The van der Waals surface area contributed by atoms with Gasteiger partial charge in [0.2, 0.25) is 0 Å². The van der Waals surface area contributed by atoms with Crippen molar-refractivity contribution in [1.29, 1.82) is 0 Å². The van der Waals surface area contributed by atoms with Crippen LogP contribution in [0.25, 0.3) is 0 Å².